The number of ether oxygens (including phenoxy) is 1. The maximum absolute atomic E-state index is 13.0. The first kappa shape index (κ1) is 16.9. The molecule has 0 atom stereocenters. The van der Waals surface area contributed by atoms with Crippen molar-refractivity contribution in [1.29, 1.82) is 0 Å². The van der Waals surface area contributed by atoms with E-state index in [0.717, 1.165) is 0 Å². The molecule has 27 heavy (non-hydrogen) atoms. The third-order valence-corrected chi connectivity index (χ3v) is 4.57. The number of carbonyl (C=O) groups is 1. The van der Waals surface area contributed by atoms with Crippen LogP contribution in [0.4, 0.5) is 10.2 Å². The molecule has 2 aromatic carbocycles. The molecule has 0 unspecified atom stereocenters. The summed E-state index contributed by atoms with van der Waals surface area (Å²) in [5.74, 6) is -0.770. The Bertz CT molecular complexity index is 1150. The maximum atomic E-state index is 13.0. The molecule has 0 aliphatic heterocycles. The van der Waals surface area contributed by atoms with Crippen molar-refractivity contribution in [3.05, 3.63) is 87.2 Å². The van der Waals surface area contributed by atoms with E-state index in [-0.39, 0.29) is 17.5 Å². The normalized spacial score (nSPS) is 10.9. The third-order valence-electron chi connectivity index (χ3n) is 3.82. The van der Waals surface area contributed by atoms with Crippen LogP contribution in [0.1, 0.15) is 15.9 Å². The lowest BCUT2D eigenvalue weighted by Crippen LogP contribution is -2.01. The average molecular weight is 383 g/mol. The second kappa shape index (κ2) is 6.61. The fourth-order valence-corrected chi connectivity index (χ4v) is 3.24. The van der Waals surface area contributed by atoms with Gasteiger partial charge in [0, 0.05) is 16.5 Å². The van der Waals surface area contributed by atoms with E-state index in [9.17, 15) is 19.3 Å². The summed E-state index contributed by atoms with van der Waals surface area (Å²) in [5.41, 5.74) is 0.740. The summed E-state index contributed by atoms with van der Waals surface area (Å²) in [6.07, 6.45) is 1.54. The molecule has 0 N–H and O–H groups in total. The molecule has 0 saturated carbocycles. The molecular weight excluding hydrogens is 373 g/mol. The Labute approximate surface area is 155 Å². The third kappa shape index (κ3) is 3.15. The van der Waals surface area contributed by atoms with Crippen LogP contribution in [0.25, 0.3) is 4.96 Å². The van der Waals surface area contributed by atoms with Gasteiger partial charge in [-0.15, -0.1) is 0 Å². The van der Waals surface area contributed by atoms with Crippen molar-refractivity contribution in [1.82, 2.24) is 9.38 Å². The quantitative estimate of drug-likeness (QED) is 0.288. The summed E-state index contributed by atoms with van der Waals surface area (Å²) in [6.45, 7) is 0. The number of thiazole rings is 1. The Morgan fingerprint density at radius 3 is 2.37 bits per heavy atom. The molecule has 0 radical (unpaired) electrons. The Kier molecular flexibility index (Phi) is 4.13. The molecule has 0 aliphatic carbocycles. The minimum Gasteiger partial charge on any atom is -0.433 e. The molecule has 7 nitrogen and oxygen atoms in total. The molecular formula is C18H10FN3O4S. The number of rotatable bonds is 5. The van der Waals surface area contributed by atoms with Crippen molar-refractivity contribution in [2.75, 3.05) is 0 Å². The minimum atomic E-state index is -0.561. The zero-order valence-electron chi connectivity index (χ0n) is 13.5. The lowest BCUT2D eigenvalue weighted by atomic mass is 10.0. The summed E-state index contributed by atoms with van der Waals surface area (Å²) >= 11 is 1.25. The van der Waals surface area contributed by atoms with Crippen LogP contribution in [0, 0.1) is 15.9 Å². The molecule has 4 aromatic rings. The van der Waals surface area contributed by atoms with Crippen LogP contribution in [0.3, 0.4) is 0 Å². The van der Waals surface area contributed by atoms with Crippen LogP contribution >= 0.6 is 11.3 Å². The Balaban J connectivity index is 1.59. The number of aromatic nitrogens is 2. The zero-order valence-corrected chi connectivity index (χ0v) is 14.4. The number of hydrogen-bond donors (Lipinski definition) is 0. The fraction of sp³-hybridized carbons (Fsp3) is 0. The van der Waals surface area contributed by atoms with Gasteiger partial charge < -0.3 is 14.9 Å². The van der Waals surface area contributed by atoms with Gasteiger partial charge in [0.1, 0.15) is 17.8 Å². The van der Waals surface area contributed by atoms with E-state index in [1.54, 1.807) is 11.6 Å². The number of hydrogen-bond acceptors (Lipinski definition) is 6. The van der Waals surface area contributed by atoms with E-state index in [0.29, 0.717) is 21.8 Å². The van der Waals surface area contributed by atoms with Crippen molar-refractivity contribution >= 4 is 27.9 Å². The number of benzene rings is 2. The van der Waals surface area contributed by atoms with E-state index >= 15 is 0 Å². The molecule has 9 heteroatoms. The molecule has 0 saturated heterocycles. The molecule has 0 bridgehead atoms. The van der Waals surface area contributed by atoms with Gasteiger partial charge in [-0.1, -0.05) is 11.3 Å². The zero-order chi connectivity index (χ0) is 19.0. The highest BCUT2D eigenvalue weighted by molar-refractivity contribution is 7.15. The minimum absolute atomic E-state index is 0.121. The largest absolute Gasteiger partial charge is 0.433 e. The van der Waals surface area contributed by atoms with Gasteiger partial charge >= 0.3 is 11.7 Å². The van der Waals surface area contributed by atoms with Gasteiger partial charge in [0.2, 0.25) is 0 Å². The number of nitro groups is 1. The number of fused-ring (bicyclic) bond motifs is 1. The number of ketones is 1. The maximum Gasteiger partial charge on any atom is 0.393 e. The summed E-state index contributed by atoms with van der Waals surface area (Å²) in [4.78, 5) is 27.7. The highest BCUT2D eigenvalue weighted by atomic mass is 32.1. The van der Waals surface area contributed by atoms with E-state index < -0.39 is 10.7 Å². The van der Waals surface area contributed by atoms with Crippen LogP contribution in [0.5, 0.6) is 11.6 Å². The Morgan fingerprint density at radius 2 is 1.74 bits per heavy atom. The highest BCUT2D eigenvalue weighted by Crippen LogP contribution is 2.33. The Hall–Kier alpha value is -3.59. The van der Waals surface area contributed by atoms with Gasteiger partial charge in [0.25, 0.3) is 4.96 Å². The molecule has 0 spiro atoms. The van der Waals surface area contributed by atoms with E-state index in [2.05, 4.69) is 4.98 Å². The average Bonchev–Trinajstić information content (AvgIpc) is 3.23. The SMILES string of the molecule is O=C(c1ccc(F)cc1)c1ccc(Oc2nc3sccn3c2[N+](=O)[O-])cc1. The summed E-state index contributed by atoms with van der Waals surface area (Å²) in [7, 11) is 0. The van der Waals surface area contributed by atoms with Crippen molar-refractivity contribution in [2.45, 2.75) is 0 Å². The van der Waals surface area contributed by atoms with Crippen LogP contribution in [0.2, 0.25) is 0 Å². The molecule has 4 rings (SSSR count). The van der Waals surface area contributed by atoms with Gasteiger partial charge in [0.05, 0.1) is 0 Å². The van der Waals surface area contributed by atoms with Gasteiger partial charge in [-0.3, -0.25) is 4.79 Å². The van der Waals surface area contributed by atoms with Crippen LogP contribution < -0.4 is 4.74 Å². The molecule has 2 aromatic heterocycles. The smallest absolute Gasteiger partial charge is 0.393 e. The van der Waals surface area contributed by atoms with E-state index in [1.807, 2.05) is 0 Å². The van der Waals surface area contributed by atoms with Crippen LogP contribution in [-0.2, 0) is 0 Å². The predicted molar refractivity (Wildman–Crippen MR) is 96.1 cm³/mol. The monoisotopic (exact) mass is 383 g/mol. The lowest BCUT2D eigenvalue weighted by molar-refractivity contribution is -0.391. The van der Waals surface area contributed by atoms with Crippen LogP contribution in [-0.4, -0.2) is 20.1 Å². The molecule has 0 aliphatic rings. The molecule has 0 fully saturated rings. The molecule has 2 heterocycles. The van der Waals surface area contributed by atoms with Gasteiger partial charge in [-0.05, 0) is 53.5 Å². The van der Waals surface area contributed by atoms with Crippen molar-refractivity contribution in [3.8, 4) is 11.6 Å². The number of imidazole rings is 1. The number of nitrogens with zero attached hydrogens (tertiary/aromatic N) is 3. The Morgan fingerprint density at radius 1 is 1.11 bits per heavy atom. The van der Waals surface area contributed by atoms with Gasteiger partial charge in [0.15, 0.2) is 5.78 Å². The number of halogens is 1. The molecule has 134 valence electrons. The van der Waals surface area contributed by atoms with Gasteiger partial charge in [-0.2, -0.15) is 9.38 Å². The topological polar surface area (TPSA) is 86.7 Å². The second-order valence-corrected chi connectivity index (χ2v) is 6.39. The fourth-order valence-electron chi connectivity index (χ4n) is 2.54. The lowest BCUT2D eigenvalue weighted by Gasteiger charge is -2.05. The second-order valence-electron chi connectivity index (χ2n) is 5.52. The first-order valence-electron chi connectivity index (χ1n) is 7.71. The first-order chi connectivity index (χ1) is 13.0. The predicted octanol–water partition coefficient (Wildman–Crippen LogP) is 4.47. The van der Waals surface area contributed by atoms with E-state index in [4.69, 9.17) is 4.74 Å². The highest BCUT2D eigenvalue weighted by Gasteiger charge is 2.25. The van der Waals surface area contributed by atoms with E-state index in [1.165, 1.54) is 64.3 Å². The standard InChI is InChI=1S/C18H10FN3O4S/c19-13-5-1-11(2-6-13)15(23)12-3-7-14(8-4-12)26-16-17(22(24)25)21-9-10-27-18(21)20-16/h1-10H. The summed E-state index contributed by atoms with van der Waals surface area (Å²) in [6, 6.07) is 11.4. The van der Waals surface area contributed by atoms with Crippen molar-refractivity contribution in [2.24, 2.45) is 0 Å². The van der Waals surface area contributed by atoms with Crippen molar-refractivity contribution < 1.29 is 18.8 Å². The molecule has 0 amide bonds. The van der Waals surface area contributed by atoms with Crippen LogP contribution in [0.15, 0.2) is 60.1 Å². The first-order valence-corrected chi connectivity index (χ1v) is 8.59. The summed E-state index contributed by atoms with van der Waals surface area (Å²) < 4.78 is 19.9. The number of carbonyl (C=O) groups excluding carboxylic acids is 1. The van der Waals surface area contributed by atoms with Gasteiger partial charge in [-0.25, -0.2) is 4.39 Å². The summed E-state index contributed by atoms with van der Waals surface area (Å²) in [5, 5.41) is 13.0. The van der Waals surface area contributed by atoms with Crippen molar-refractivity contribution in [3.63, 3.8) is 0 Å².